The van der Waals surface area contributed by atoms with Gasteiger partial charge in [-0.3, -0.25) is 0 Å². The Morgan fingerprint density at radius 2 is 2.14 bits per heavy atom. The first-order valence-electron chi connectivity index (χ1n) is 6.37. The highest BCUT2D eigenvalue weighted by molar-refractivity contribution is 7.89. The minimum Gasteiger partial charge on any atom is -0.398 e. The first kappa shape index (κ1) is 17.4. The van der Waals surface area contributed by atoms with E-state index < -0.39 is 10.0 Å². The van der Waals surface area contributed by atoms with Crippen molar-refractivity contribution in [1.82, 2.24) is 9.62 Å². The maximum Gasteiger partial charge on any atom is 0.242 e. The fourth-order valence-corrected chi connectivity index (χ4v) is 2.80. The van der Waals surface area contributed by atoms with Gasteiger partial charge in [-0.25, -0.2) is 13.1 Å². The Hall–Kier alpha value is -1.66. The van der Waals surface area contributed by atoms with Crippen LogP contribution in [0.4, 0.5) is 5.69 Å². The lowest BCUT2D eigenvalue weighted by atomic mass is 10.2. The highest BCUT2D eigenvalue weighted by Gasteiger charge is 2.17. The molecule has 21 heavy (non-hydrogen) atoms. The Morgan fingerprint density at radius 1 is 1.43 bits per heavy atom. The molecule has 0 radical (unpaired) electrons. The average Bonchev–Trinajstić information content (AvgIpc) is 2.44. The number of sulfonamides is 1. The van der Waals surface area contributed by atoms with Gasteiger partial charge in [0.25, 0.3) is 0 Å². The topological polar surface area (TPSA) is 108 Å². The van der Waals surface area contributed by atoms with Gasteiger partial charge in [-0.05, 0) is 25.2 Å². The number of nitrogens with two attached hydrogens (primary N) is 1. The molecular weight excluding hydrogens is 292 g/mol. The first-order valence-corrected chi connectivity index (χ1v) is 7.86. The van der Waals surface area contributed by atoms with E-state index in [1.54, 1.807) is 7.11 Å². The van der Waals surface area contributed by atoms with Gasteiger partial charge in [-0.2, -0.15) is 5.26 Å². The molecule has 8 heteroatoms. The van der Waals surface area contributed by atoms with Crippen molar-refractivity contribution in [3.63, 3.8) is 0 Å². The summed E-state index contributed by atoms with van der Waals surface area (Å²) in [5.74, 6) is 0. The molecule has 1 rings (SSSR count). The van der Waals surface area contributed by atoms with E-state index in [0.717, 1.165) is 6.54 Å². The number of nitrogens with zero attached hydrogens (tertiary/aromatic N) is 2. The number of nitrogens with one attached hydrogen (secondary N) is 1. The van der Waals surface area contributed by atoms with Gasteiger partial charge in [0.15, 0.2) is 0 Å². The molecule has 0 atom stereocenters. The molecule has 1 aromatic rings. The highest BCUT2D eigenvalue weighted by atomic mass is 32.2. The molecular formula is C13H20N4O3S. The van der Waals surface area contributed by atoms with Crippen LogP contribution in [0.2, 0.25) is 0 Å². The zero-order chi connectivity index (χ0) is 15.9. The van der Waals surface area contributed by atoms with Crippen LogP contribution in [0.25, 0.3) is 0 Å². The largest absolute Gasteiger partial charge is 0.398 e. The summed E-state index contributed by atoms with van der Waals surface area (Å²) in [6.07, 6.45) is 0. The number of hydrogen-bond acceptors (Lipinski definition) is 6. The van der Waals surface area contributed by atoms with Crippen LogP contribution in [0, 0.1) is 11.3 Å². The van der Waals surface area contributed by atoms with Crippen LogP contribution in [0.1, 0.15) is 5.56 Å². The number of nitrogen functional groups attached to an aromatic ring is 1. The third kappa shape index (κ3) is 5.32. The summed E-state index contributed by atoms with van der Waals surface area (Å²) in [5.41, 5.74) is 6.07. The molecule has 3 N–H and O–H groups in total. The van der Waals surface area contributed by atoms with Crippen molar-refractivity contribution in [2.24, 2.45) is 0 Å². The quantitative estimate of drug-likeness (QED) is 0.654. The Kier molecular flexibility index (Phi) is 6.58. The molecule has 0 aliphatic heterocycles. The lowest BCUT2D eigenvalue weighted by Gasteiger charge is -2.16. The molecule has 1 aromatic carbocycles. The zero-order valence-corrected chi connectivity index (χ0v) is 13.0. The van der Waals surface area contributed by atoms with Gasteiger partial charge < -0.3 is 15.4 Å². The van der Waals surface area contributed by atoms with Crippen LogP contribution in [-0.4, -0.2) is 53.7 Å². The van der Waals surface area contributed by atoms with Crippen molar-refractivity contribution in [3.8, 4) is 6.07 Å². The van der Waals surface area contributed by atoms with Gasteiger partial charge in [0.05, 0.1) is 23.9 Å². The molecule has 116 valence electrons. The normalized spacial score (nSPS) is 11.5. The number of methoxy groups -OCH3 is 1. The van der Waals surface area contributed by atoms with E-state index in [4.69, 9.17) is 15.7 Å². The van der Waals surface area contributed by atoms with Crippen LogP contribution in [0.5, 0.6) is 0 Å². The van der Waals surface area contributed by atoms with Crippen molar-refractivity contribution in [2.75, 3.05) is 46.1 Å². The van der Waals surface area contributed by atoms with Crippen LogP contribution >= 0.6 is 0 Å². The maximum absolute atomic E-state index is 12.1. The SMILES string of the molecule is COCCN(C)CCNS(=O)(=O)c1ccc(C#N)cc1N. The van der Waals surface area contributed by atoms with E-state index >= 15 is 0 Å². The summed E-state index contributed by atoms with van der Waals surface area (Å²) >= 11 is 0. The molecule has 0 aliphatic rings. The van der Waals surface area contributed by atoms with Gasteiger partial charge in [-0.15, -0.1) is 0 Å². The molecule has 0 unspecified atom stereocenters. The van der Waals surface area contributed by atoms with E-state index in [9.17, 15) is 8.42 Å². The Morgan fingerprint density at radius 3 is 2.71 bits per heavy atom. The lowest BCUT2D eigenvalue weighted by Crippen LogP contribution is -2.34. The monoisotopic (exact) mass is 312 g/mol. The van der Waals surface area contributed by atoms with Crippen molar-refractivity contribution < 1.29 is 13.2 Å². The van der Waals surface area contributed by atoms with E-state index in [0.29, 0.717) is 18.7 Å². The second kappa shape index (κ2) is 7.95. The van der Waals surface area contributed by atoms with Crippen LogP contribution in [0.3, 0.4) is 0 Å². The molecule has 0 spiro atoms. The number of anilines is 1. The molecule has 0 saturated heterocycles. The highest BCUT2D eigenvalue weighted by Crippen LogP contribution is 2.19. The van der Waals surface area contributed by atoms with Crippen molar-refractivity contribution >= 4 is 15.7 Å². The molecule has 0 aliphatic carbocycles. The lowest BCUT2D eigenvalue weighted by molar-refractivity contribution is 0.162. The number of rotatable bonds is 8. The van der Waals surface area contributed by atoms with Gasteiger partial charge in [0.1, 0.15) is 4.90 Å². The Bertz CT molecular complexity index is 610. The summed E-state index contributed by atoms with van der Waals surface area (Å²) in [7, 11) is -0.181. The Balaban J connectivity index is 2.64. The zero-order valence-electron chi connectivity index (χ0n) is 12.2. The smallest absolute Gasteiger partial charge is 0.242 e. The summed E-state index contributed by atoms with van der Waals surface area (Å²) in [6.45, 7) is 2.13. The summed E-state index contributed by atoms with van der Waals surface area (Å²) in [5, 5.41) is 8.74. The number of likely N-dealkylation sites (N-methyl/N-ethyl adjacent to an activating group) is 1. The molecule has 0 aromatic heterocycles. The summed E-state index contributed by atoms with van der Waals surface area (Å²) < 4.78 is 31.7. The van der Waals surface area contributed by atoms with Crippen LogP contribution in [-0.2, 0) is 14.8 Å². The minimum absolute atomic E-state index is 0.0129. The molecule has 0 saturated carbocycles. The molecule has 7 nitrogen and oxygen atoms in total. The molecule has 0 amide bonds. The van der Waals surface area contributed by atoms with E-state index in [1.165, 1.54) is 18.2 Å². The molecule has 0 fully saturated rings. The minimum atomic E-state index is -3.67. The maximum atomic E-state index is 12.1. The summed E-state index contributed by atoms with van der Waals surface area (Å²) in [4.78, 5) is 1.94. The van der Waals surface area contributed by atoms with Gasteiger partial charge in [0, 0.05) is 26.7 Å². The second-order valence-corrected chi connectivity index (χ2v) is 6.29. The van der Waals surface area contributed by atoms with E-state index in [-0.39, 0.29) is 17.1 Å². The number of ether oxygens (including phenoxy) is 1. The van der Waals surface area contributed by atoms with Gasteiger partial charge in [-0.1, -0.05) is 0 Å². The first-order chi connectivity index (χ1) is 9.90. The van der Waals surface area contributed by atoms with Gasteiger partial charge in [0.2, 0.25) is 10.0 Å². The number of benzene rings is 1. The Labute approximate surface area is 125 Å². The standard InChI is InChI=1S/C13H20N4O3S/c1-17(7-8-20-2)6-5-16-21(18,19)13-4-3-11(10-14)9-12(13)15/h3-4,9,16H,5-8,15H2,1-2H3. The second-order valence-electron chi connectivity index (χ2n) is 4.56. The number of hydrogen-bond donors (Lipinski definition) is 2. The van der Waals surface area contributed by atoms with Gasteiger partial charge >= 0.3 is 0 Å². The van der Waals surface area contributed by atoms with Crippen molar-refractivity contribution in [2.45, 2.75) is 4.90 Å². The molecule has 0 heterocycles. The summed E-state index contributed by atoms with van der Waals surface area (Å²) in [6, 6.07) is 6.02. The van der Waals surface area contributed by atoms with Crippen LogP contribution in [0.15, 0.2) is 23.1 Å². The van der Waals surface area contributed by atoms with Crippen LogP contribution < -0.4 is 10.5 Å². The van der Waals surface area contributed by atoms with E-state index in [2.05, 4.69) is 4.72 Å². The van der Waals surface area contributed by atoms with E-state index in [1.807, 2.05) is 18.0 Å². The fourth-order valence-electron chi connectivity index (χ4n) is 1.67. The van der Waals surface area contributed by atoms with Crippen molar-refractivity contribution in [3.05, 3.63) is 23.8 Å². The third-order valence-corrected chi connectivity index (χ3v) is 4.43. The predicted octanol–water partition coefficient (Wildman–Crippen LogP) is -0.00302. The molecule has 0 bridgehead atoms. The third-order valence-electron chi connectivity index (χ3n) is 2.89. The predicted molar refractivity (Wildman–Crippen MR) is 80.1 cm³/mol. The number of nitriles is 1. The fraction of sp³-hybridized carbons (Fsp3) is 0.462. The van der Waals surface area contributed by atoms with Crippen molar-refractivity contribution in [1.29, 1.82) is 5.26 Å². The average molecular weight is 312 g/mol.